The Hall–Kier alpha value is -2.82. The number of amides is 2. The Bertz CT molecular complexity index is 924. The van der Waals surface area contributed by atoms with Crippen LogP contribution in [-0.2, 0) is 16.0 Å². The highest BCUT2D eigenvalue weighted by Crippen LogP contribution is 2.38. The van der Waals surface area contributed by atoms with E-state index in [-0.39, 0.29) is 23.8 Å². The topological polar surface area (TPSA) is 58.6 Å². The standard InChI is InChI=1S/C27H36N2O3/c1-18(2)13-15-28-26(30)20(5)32-23-12-11-21-14-16-29(27(31)19(3)4)25(24(21)17-23)22-9-7-6-8-10-22/h6-12,17-20,25H,13-16H2,1-5H3,(H,28,30)/t20-,25+/m1/s1. The summed E-state index contributed by atoms with van der Waals surface area (Å²) in [6, 6.07) is 16.0. The third kappa shape index (κ3) is 5.70. The average Bonchev–Trinajstić information content (AvgIpc) is 2.77. The number of hydrogen-bond donors (Lipinski definition) is 1. The summed E-state index contributed by atoms with van der Waals surface area (Å²) in [5.41, 5.74) is 3.37. The summed E-state index contributed by atoms with van der Waals surface area (Å²) in [6.45, 7) is 11.3. The van der Waals surface area contributed by atoms with Gasteiger partial charge in [-0.3, -0.25) is 9.59 Å². The van der Waals surface area contributed by atoms with E-state index in [9.17, 15) is 9.59 Å². The van der Waals surface area contributed by atoms with Crippen molar-refractivity contribution in [2.75, 3.05) is 13.1 Å². The first-order chi connectivity index (χ1) is 15.3. The molecule has 2 atom stereocenters. The number of nitrogens with one attached hydrogen (secondary N) is 1. The predicted octanol–water partition coefficient (Wildman–Crippen LogP) is 4.75. The van der Waals surface area contributed by atoms with Crippen molar-refractivity contribution in [1.29, 1.82) is 0 Å². The van der Waals surface area contributed by atoms with Crippen molar-refractivity contribution in [2.45, 2.75) is 59.6 Å². The highest BCUT2D eigenvalue weighted by molar-refractivity contribution is 5.81. The molecule has 0 fully saturated rings. The summed E-state index contributed by atoms with van der Waals surface area (Å²) in [4.78, 5) is 27.4. The molecular weight excluding hydrogens is 400 g/mol. The maximum absolute atomic E-state index is 13.0. The van der Waals surface area contributed by atoms with Crippen molar-refractivity contribution < 1.29 is 14.3 Å². The third-order valence-electron chi connectivity index (χ3n) is 5.94. The molecule has 2 aromatic carbocycles. The van der Waals surface area contributed by atoms with Crippen LogP contribution in [0.5, 0.6) is 5.75 Å². The Labute approximate surface area is 192 Å². The smallest absolute Gasteiger partial charge is 0.260 e. The molecule has 1 heterocycles. The van der Waals surface area contributed by atoms with E-state index in [0.717, 1.165) is 24.0 Å². The van der Waals surface area contributed by atoms with Gasteiger partial charge in [-0.05, 0) is 54.5 Å². The van der Waals surface area contributed by atoms with Crippen LogP contribution in [0.3, 0.4) is 0 Å². The van der Waals surface area contributed by atoms with Crippen LogP contribution >= 0.6 is 0 Å². The molecule has 1 aliphatic rings. The fraction of sp³-hybridized carbons (Fsp3) is 0.481. The van der Waals surface area contributed by atoms with Crippen molar-refractivity contribution in [2.24, 2.45) is 11.8 Å². The normalized spacial score (nSPS) is 16.6. The van der Waals surface area contributed by atoms with E-state index in [1.165, 1.54) is 5.56 Å². The molecular formula is C27H36N2O3. The molecule has 0 aromatic heterocycles. The Morgan fingerprint density at radius 1 is 1.06 bits per heavy atom. The molecule has 0 unspecified atom stereocenters. The number of rotatable bonds is 8. The molecule has 3 rings (SSSR count). The van der Waals surface area contributed by atoms with Gasteiger partial charge in [0.05, 0.1) is 6.04 Å². The summed E-state index contributed by atoms with van der Waals surface area (Å²) in [6.07, 6.45) is 1.16. The second kappa shape index (κ2) is 10.7. The fourth-order valence-corrected chi connectivity index (χ4v) is 4.12. The second-order valence-electron chi connectivity index (χ2n) is 9.34. The SMILES string of the molecule is CC(C)CCNC(=O)[C@@H](C)Oc1ccc2c(c1)[C@H](c1ccccc1)N(C(=O)C(C)C)CC2. The average molecular weight is 437 g/mol. The van der Waals surface area contributed by atoms with E-state index in [4.69, 9.17) is 4.74 Å². The van der Waals surface area contributed by atoms with Crippen molar-refractivity contribution in [3.63, 3.8) is 0 Å². The summed E-state index contributed by atoms with van der Waals surface area (Å²) < 4.78 is 6.01. The van der Waals surface area contributed by atoms with E-state index in [2.05, 4.69) is 37.4 Å². The summed E-state index contributed by atoms with van der Waals surface area (Å²) in [7, 11) is 0. The minimum atomic E-state index is -0.590. The van der Waals surface area contributed by atoms with Crippen LogP contribution in [-0.4, -0.2) is 35.9 Å². The molecule has 32 heavy (non-hydrogen) atoms. The number of ether oxygens (including phenoxy) is 1. The molecule has 0 bridgehead atoms. The van der Waals surface area contributed by atoms with E-state index in [0.29, 0.717) is 24.8 Å². The van der Waals surface area contributed by atoms with Crippen LogP contribution in [0, 0.1) is 11.8 Å². The van der Waals surface area contributed by atoms with Gasteiger partial charge in [0.15, 0.2) is 6.10 Å². The van der Waals surface area contributed by atoms with Gasteiger partial charge in [-0.15, -0.1) is 0 Å². The molecule has 0 saturated heterocycles. The molecule has 5 heteroatoms. The van der Waals surface area contributed by atoms with Gasteiger partial charge in [0, 0.05) is 19.0 Å². The lowest BCUT2D eigenvalue weighted by Crippen LogP contribution is -2.42. The van der Waals surface area contributed by atoms with E-state index in [1.54, 1.807) is 6.92 Å². The van der Waals surface area contributed by atoms with Crippen LogP contribution in [0.2, 0.25) is 0 Å². The summed E-state index contributed by atoms with van der Waals surface area (Å²) in [5, 5.41) is 2.95. The molecule has 0 spiro atoms. The molecule has 2 amide bonds. The van der Waals surface area contributed by atoms with Crippen LogP contribution < -0.4 is 10.1 Å². The van der Waals surface area contributed by atoms with Gasteiger partial charge in [-0.25, -0.2) is 0 Å². The summed E-state index contributed by atoms with van der Waals surface area (Å²) in [5.74, 6) is 1.15. The number of nitrogens with zero attached hydrogens (tertiary/aromatic N) is 1. The Morgan fingerprint density at radius 2 is 1.78 bits per heavy atom. The highest BCUT2D eigenvalue weighted by atomic mass is 16.5. The van der Waals surface area contributed by atoms with E-state index < -0.39 is 6.10 Å². The minimum Gasteiger partial charge on any atom is -0.481 e. The molecule has 0 radical (unpaired) electrons. The third-order valence-corrected chi connectivity index (χ3v) is 5.94. The van der Waals surface area contributed by atoms with Crippen LogP contribution in [0.4, 0.5) is 0 Å². The number of carbonyl (C=O) groups excluding carboxylic acids is 2. The van der Waals surface area contributed by atoms with Crippen LogP contribution in [0.25, 0.3) is 0 Å². The summed E-state index contributed by atoms with van der Waals surface area (Å²) >= 11 is 0. The molecule has 0 aliphatic carbocycles. The van der Waals surface area contributed by atoms with Gasteiger partial charge in [-0.2, -0.15) is 0 Å². The predicted molar refractivity (Wildman–Crippen MR) is 128 cm³/mol. The lowest BCUT2D eigenvalue weighted by Gasteiger charge is -2.39. The van der Waals surface area contributed by atoms with Crippen molar-refractivity contribution >= 4 is 11.8 Å². The van der Waals surface area contributed by atoms with E-state index >= 15 is 0 Å². The zero-order valence-corrected chi connectivity index (χ0v) is 19.9. The van der Waals surface area contributed by atoms with Crippen LogP contribution in [0.1, 0.15) is 63.8 Å². The monoisotopic (exact) mass is 436 g/mol. The molecule has 172 valence electrons. The van der Waals surface area contributed by atoms with Gasteiger partial charge in [0.2, 0.25) is 5.91 Å². The van der Waals surface area contributed by atoms with Crippen molar-refractivity contribution in [3.05, 3.63) is 65.2 Å². The van der Waals surface area contributed by atoms with Crippen LogP contribution in [0.15, 0.2) is 48.5 Å². The Balaban J connectivity index is 1.85. The molecule has 1 aliphatic heterocycles. The Kier molecular flexibility index (Phi) is 7.94. The van der Waals surface area contributed by atoms with Gasteiger partial charge < -0.3 is 15.0 Å². The second-order valence-corrected chi connectivity index (χ2v) is 9.34. The molecule has 1 N–H and O–H groups in total. The van der Waals surface area contributed by atoms with Gasteiger partial charge in [-0.1, -0.05) is 64.1 Å². The van der Waals surface area contributed by atoms with Crippen molar-refractivity contribution in [3.8, 4) is 5.75 Å². The number of benzene rings is 2. The van der Waals surface area contributed by atoms with Gasteiger partial charge >= 0.3 is 0 Å². The molecule has 5 nitrogen and oxygen atoms in total. The first kappa shape index (κ1) is 23.8. The van der Waals surface area contributed by atoms with Gasteiger partial charge in [0.1, 0.15) is 5.75 Å². The Morgan fingerprint density at radius 3 is 2.44 bits per heavy atom. The molecule has 2 aromatic rings. The number of fused-ring (bicyclic) bond motifs is 1. The molecule has 0 saturated carbocycles. The highest BCUT2D eigenvalue weighted by Gasteiger charge is 2.33. The first-order valence-electron chi connectivity index (χ1n) is 11.7. The maximum atomic E-state index is 13.0. The zero-order chi connectivity index (χ0) is 23.3. The minimum absolute atomic E-state index is 0.0725. The lowest BCUT2D eigenvalue weighted by molar-refractivity contribution is -0.136. The first-order valence-corrected chi connectivity index (χ1v) is 11.7. The zero-order valence-electron chi connectivity index (χ0n) is 19.9. The largest absolute Gasteiger partial charge is 0.481 e. The maximum Gasteiger partial charge on any atom is 0.260 e. The fourth-order valence-electron chi connectivity index (χ4n) is 4.12. The van der Waals surface area contributed by atoms with E-state index in [1.807, 2.05) is 49.1 Å². The number of hydrogen-bond acceptors (Lipinski definition) is 3. The van der Waals surface area contributed by atoms with Gasteiger partial charge in [0.25, 0.3) is 5.91 Å². The quantitative estimate of drug-likeness (QED) is 0.650. The number of carbonyl (C=O) groups is 2. The van der Waals surface area contributed by atoms with Crippen molar-refractivity contribution in [1.82, 2.24) is 10.2 Å². The lowest BCUT2D eigenvalue weighted by atomic mass is 9.87.